The molecule has 1 atom stereocenters. The number of rotatable bonds is 3. The van der Waals surface area contributed by atoms with Gasteiger partial charge in [-0.3, -0.25) is 4.39 Å². The van der Waals surface area contributed by atoms with Crippen molar-refractivity contribution in [2.75, 3.05) is 13.3 Å². The van der Waals surface area contributed by atoms with Crippen molar-refractivity contribution < 1.29 is 9.50 Å². The molecule has 0 radical (unpaired) electrons. The Morgan fingerprint density at radius 1 is 1.71 bits per heavy atom. The summed E-state index contributed by atoms with van der Waals surface area (Å²) in [6.07, 6.45) is 0.729. The molecule has 0 fully saturated rings. The maximum Gasteiger partial charge on any atom is 0.0944 e. The predicted octanol–water partition coefficient (Wildman–Crippen LogP) is 0.974. The van der Waals surface area contributed by atoms with Crippen LogP contribution in [0.1, 0.15) is 13.3 Å². The van der Waals surface area contributed by atoms with Gasteiger partial charge in [0, 0.05) is 12.5 Å². The highest BCUT2D eigenvalue weighted by molar-refractivity contribution is 4.49. The Bertz CT molecular complexity index is 29.6. The molecule has 0 spiro atoms. The number of aliphatic hydroxyl groups excluding tert-OH is 1. The lowest BCUT2D eigenvalue weighted by Crippen LogP contribution is -2.05. The maximum absolute atomic E-state index is 11.5. The molecule has 0 amide bonds. The molecule has 0 aromatic heterocycles. The first-order valence-corrected chi connectivity index (χ1v) is 2.52. The molecule has 0 aliphatic rings. The van der Waals surface area contributed by atoms with E-state index in [1.54, 1.807) is 0 Å². The van der Waals surface area contributed by atoms with Crippen molar-refractivity contribution in [1.29, 1.82) is 0 Å². The first kappa shape index (κ1) is 6.89. The van der Waals surface area contributed by atoms with Gasteiger partial charge in [-0.1, -0.05) is 6.92 Å². The van der Waals surface area contributed by atoms with Crippen LogP contribution in [0.3, 0.4) is 0 Å². The largest absolute Gasteiger partial charge is 0.396 e. The van der Waals surface area contributed by atoms with Gasteiger partial charge in [0.1, 0.15) is 0 Å². The van der Waals surface area contributed by atoms with Crippen LogP contribution in [-0.4, -0.2) is 18.4 Å². The molecule has 0 saturated heterocycles. The van der Waals surface area contributed by atoms with Gasteiger partial charge in [-0.2, -0.15) is 0 Å². The summed E-state index contributed by atoms with van der Waals surface area (Å²) in [7, 11) is 0. The first-order valence-electron chi connectivity index (χ1n) is 2.52. The molecule has 0 aliphatic carbocycles. The van der Waals surface area contributed by atoms with E-state index in [4.69, 9.17) is 5.11 Å². The van der Waals surface area contributed by atoms with Crippen molar-refractivity contribution in [2.24, 2.45) is 5.92 Å². The third-order valence-corrected chi connectivity index (χ3v) is 1.05. The van der Waals surface area contributed by atoms with E-state index in [2.05, 4.69) is 0 Å². The number of halogens is 1. The molecular formula is C5H11FO. The van der Waals surface area contributed by atoms with Crippen LogP contribution in [0.4, 0.5) is 4.39 Å². The Morgan fingerprint density at radius 3 is 2.29 bits per heavy atom. The summed E-state index contributed by atoms with van der Waals surface area (Å²) in [5, 5.41) is 8.29. The van der Waals surface area contributed by atoms with Gasteiger partial charge in [0.15, 0.2) is 0 Å². The minimum absolute atomic E-state index is 0.0208. The van der Waals surface area contributed by atoms with E-state index in [-0.39, 0.29) is 12.5 Å². The van der Waals surface area contributed by atoms with Crippen LogP contribution in [0.25, 0.3) is 0 Å². The lowest BCUT2D eigenvalue weighted by Gasteiger charge is -2.01. The highest BCUT2D eigenvalue weighted by Gasteiger charge is 2.00. The second kappa shape index (κ2) is 4.06. The Balaban J connectivity index is 2.99. The van der Waals surface area contributed by atoms with Crippen LogP contribution in [0.2, 0.25) is 0 Å². The van der Waals surface area contributed by atoms with Gasteiger partial charge in [-0.15, -0.1) is 0 Å². The van der Waals surface area contributed by atoms with Gasteiger partial charge in [-0.05, 0) is 6.42 Å². The quantitative estimate of drug-likeness (QED) is 0.568. The summed E-state index contributed by atoms with van der Waals surface area (Å²) in [5.41, 5.74) is 0. The third-order valence-electron chi connectivity index (χ3n) is 1.05. The van der Waals surface area contributed by atoms with Crippen LogP contribution in [-0.2, 0) is 0 Å². The van der Waals surface area contributed by atoms with Crippen molar-refractivity contribution in [2.45, 2.75) is 13.3 Å². The fourth-order valence-electron chi connectivity index (χ4n) is 0.287. The molecule has 0 aromatic rings. The molecular weight excluding hydrogens is 95.1 g/mol. The molecule has 0 heterocycles. The summed E-state index contributed by atoms with van der Waals surface area (Å²) < 4.78 is 11.5. The molecule has 2 heteroatoms. The van der Waals surface area contributed by atoms with E-state index < -0.39 is 6.67 Å². The second-order valence-electron chi connectivity index (χ2n) is 1.61. The van der Waals surface area contributed by atoms with Crippen molar-refractivity contribution in [3.8, 4) is 0 Å². The summed E-state index contributed by atoms with van der Waals surface area (Å²) in [6, 6.07) is 0. The van der Waals surface area contributed by atoms with E-state index in [1.807, 2.05) is 6.92 Å². The van der Waals surface area contributed by atoms with Crippen molar-refractivity contribution in [3.63, 3.8) is 0 Å². The van der Waals surface area contributed by atoms with Crippen LogP contribution in [0.15, 0.2) is 0 Å². The van der Waals surface area contributed by atoms with Crippen molar-refractivity contribution >= 4 is 0 Å². The number of hydrogen-bond acceptors (Lipinski definition) is 1. The van der Waals surface area contributed by atoms with Gasteiger partial charge in [-0.25, -0.2) is 0 Å². The molecule has 0 saturated carbocycles. The fourth-order valence-corrected chi connectivity index (χ4v) is 0.287. The summed E-state index contributed by atoms with van der Waals surface area (Å²) in [6.45, 7) is 1.44. The molecule has 0 aromatic carbocycles. The normalized spacial score (nSPS) is 14.1. The summed E-state index contributed by atoms with van der Waals surface area (Å²) >= 11 is 0. The van der Waals surface area contributed by atoms with E-state index in [9.17, 15) is 4.39 Å². The van der Waals surface area contributed by atoms with Gasteiger partial charge in [0.2, 0.25) is 0 Å². The average molecular weight is 106 g/mol. The molecule has 1 unspecified atom stereocenters. The van der Waals surface area contributed by atoms with Gasteiger partial charge in [0.05, 0.1) is 6.67 Å². The Labute approximate surface area is 43.2 Å². The van der Waals surface area contributed by atoms with Crippen LogP contribution >= 0.6 is 0 Å². The Kier molecular flexibility index (Phi) is 4.00. The first-order chi connectivity index (χ1) is 3.35. The number of alkyl halides is 1. The number of hydrogen-bond donors (Lipinski definition) is 1. The minimum Gasteiger partial charge on any atom is -0.396 e. The van der Waals surface area contributed by atoms with E-state index >= 15 is 0 Å². The second-order valence-corrected chi connectivity index (χ2v) is 1.61. The monoisotopic (exact) mass is 106 g/mol. The minimum atomic E-state index is -0.396. The lowest BCUT2D eigenvalue weighted by molar-refractivity contribution is 0.194. The van der Waals surface area contributed by atoms with Crippen LogP contribution in [0.5, 0.6) is 0 Å². The van der Waals surface area contributed by atoms with Crippen LogP contribution < -0.4 is 0 Å². The van der Waals surface area contributed by atoms with Crippen molar-refractivity contribution in [1.82, 2.24) is 0 Å². The maximum atomic E-state index is 11.5. The number of aliphatic hydroxyl groups is 1. The molecule has 44 valence electrons. The van der Waals surface area contributed by atoms with Crippen LogP contribution in [0, 0.1) is 5.92 Å². The lowest BCUT2D eigenvalue weighted by atomic mass is 10.1. The average Bonchev–Trinajstić information content (AvgIpc) is 1.72. The van der Waals surface area contributed by atoms with Gasteiger partial charge in [0.25, 0.3) is 0 Å². The molecule has 1 N–H and O–H groups in total. The summed E-state index contributed by atoms with van der Waals surface area (Å²) in [4.78, 5) is 0. The van der Waals surface area contributed by atoms with Crippen molar-refractivity contribution in [3.05, 3.63) is 0 Å². The van der Waals surface area contributed by atoms with E-state index in [0.29, 0.717) is 0 Å². The third kappa shape index (κ3) is 2.57. The molecule has 1 nitrogen and oxygen atoms in total. The summed E-state index contributed by atoms with van der Waals surface area (Å²) in [5.74, 6) is -0.125. The highest BCUT2D eigenvalue weighted by Crippen LogP contribution is 1.99. The molecule has 0 bridgehead atoms. The molecule has 0 rings (SSSR count). The topological polar surface area (TPSA) is 20.2 Å². The molecule has 0 aliphatic heterocycles. The van der Waals surface area contributed by atoms with Gasteiger partial charge < -0.3 is 5.11 Å². The zero-order valence-corrected chi connectivity index (χ0v) is 4.52. The smallest absolute Gasteiger partial charge is 0.0944 e. The SMILES string of the molecule is CCC(CO)CF. The molecule has 7 heavy (non-hydrogen) atoms. The van der Waals surface area contributed by atoms with E-state index in [0.717, 1.165) is 6.42 Å². The standard InChI is InChI=1S/C5H11FO/c1-2-5(3-6)4-7/h5,7H,2-4H2,1H3. The zero-order chi connectivity index (χ0) is 5.70. The fraction of sp³-hybridized carbons (Fsp3) is 1.00. The highest BCUT2D eigenvalue weighted by atomic mass is 19.1. The Morgan fingerprint density at radius 2 is 2.29 bits per heavy atom. The van der Waals surface area contributed by atoms with E-state index in [1.165, 1.54) is 0 Å². The zero-order valence-electron chi connectivity index (χ0n) is 4.52. The van der Waals surface area contributed by atoms with Gasteiger partial charge >= 0.3 is 0 Å². The Hall–Kier alpha value is -0.110. The predicted molar refractivity (Wildman–Crippen MR) is 26.8 cm³/mol.